The van der Waals surface area contributed by atoms with Crippen molar-refractivity contribution in [2.75, 3.05) is 13.6 Å². The van der Waals surface area contributed by atoms with Gasteiger partial charge in [0.25, 0.3) is 5.91 Å². The van der Waals surface area contributed by atoms with E-state index < -0.39 is 0 Å². The summed E-state index contributed by atoms with van der Waals surface area (Å²) in [6.45, 7) is 1.79. The molecule has 3 aliphatic heterocycles. The van der Waals surface area contributed by atoms with Gasteiger partial charge in [0.05, 0.1) is 6.54 Å². The number of ether oxygens (including phenoxy) is 1. The second-order valence-electron chi connectivity index (χ2n) is 8.51. The minimum absolute atomic E-state index is 0.0393. The van der Waals surface area contributed by atoms with E-state index in [-0.39, 0.29) is 24.2 Å². The number of para-hydroxylation sites is 1. The summed E-state index contributed by atoms with van der Waals surface area (Å²) < 4.78 is 6.20. The van der Waals surface area contributed by atoms with Gasteiger partial charge in [-0.2, -0.15) is 0 Å². The predicted octanol–water partition coefficient (Wildman–Crippen LogP) is 3.40. The molecule has 0 radical (unpaired) electrons. The van der Waals surface area contributed by atoms with Gasteiger partial charge < -0.3 is 9.64 Å². The normalized spacial score (nSPS) is 23.0. The molecule has 2 aromatic carbocycles. The van der Waals surface area contributed by atoms with Crippen molar-refractivity contribution in [1.82, 2.24) is 14.7 Å². The smallest absolute Gasteiger partial charge is 0.327 e. The van der Waals surface area contributed by atoms with Gasteiger partial charge in [0.2, 0.25) is 0 Å². The molecule has 2 fully saturated rings. The highest BCUT2D eigenvalue weighted by Gasteiger charge is 2.47. The second-order valence-corrected chi connectivity index (χ2v) is 8.51. The van der Waals surface area contributed by atoms with Crippen LogP contribution in [-0.2, 0) is 24.3 Å². The Bertz CT molecular complexity index is 954. The summed E-state index contributed by atoms with van der Waals surface area (Å²) in [7, 11) is 2.08. The molecule has 30 heavy (non-hydrogen) atoms. The van der Waals surface area contributed by atoms with Gasteiger partial charge in [0.1, 0.15) is 11.8 Å². The summed E-state index contributed by atoms with van der Waals surface area (Å²) in [5, 5.41) is 0. The lowest BCUT2D eigenvalue weighted by molar-refractivity contribution is -0.128. The number of amides is 3. The highest BCUT2D eigenvalue weighted by atomic mass is 16.5. The van der Waals surface area contributed by atoms with E-state index in [1.807, 2.05) is 24.3 Å². The standard InChI is InChI=1S/C24H27N3O3/c1-25(22-12-11-19-8-2-3-10-21(19)30-22)15-17-6-4-7-18(14-17)16-27-23(28)20-9-5-13-26(20)24(27)29/h2-4,6-8,10,14,20,22H,5,9,11-13,15-16H2,1H3. The molecule has 0 aliphatic carbocycles. The molecule has 2 unspecified atom stereocenters. The highest BCUT2D eigenvalue weighted by Crippen LogP contribution is 2.30. The molecule has 0 bridgehead atoms. The molecule has 2 aromatic rings. The van der Waals surface area contributed by atoms with Gasteiger partial charge in [-0.15, -0.1) is 0 Å². The van der Waals surface area contributed by atoms with Gasteiger partial charge in [-0.3, -0.25) is 14.6 Å². The number of benzene rings is 2. The zero-order valence-corrected chi connectivity index (χ0v) is 17.3. The lowest BCUT2D eigenvalue weighted by Gasteiger charge is -2.33. The first kappa shape index (κ1) is 19.1. The van der Waals surface area contributed by atoms with Crippen LogP contribution < -0.4 is 4.74 Å². The van der Waals surface area contributed by atoms with Gasteiger partial charge in [-0.1, -0.05) is 42.5 Å². The van der Waals surface area contributed by atoms with Crippen molar-refractivity contribution in [3.63, 3.8) is 0 Å². The maximum Gasteiger partial charge on any atom is 0.327 e. The zero-order chi connectivity index (χ0) is 20.7. The Morgan fingerprint density at radius 3 is 2.77 bits per heavy atom. The zero-order valence-electron chi connectivity index (χ0n) is 17.3. The second kappa shape index (κ2) is 7.76. The lowest BCUT2D eigenvalue weighted by atomic mass is 10.0. The number of nitrogens with zero attached hydrogens (tertiary/aromatic N) is 3. The fourth-order valence-electron chi connectivity index (χ4n) is 4.85. The fraction of sp³-hybridized carbons (Fsp3) is 0.417. The van der Waals surface area contributed by atoms with Crippen molar-refractivity contribution in [1.29, 1.82) is 0 Å². The lowest BCUT2D eigenvalue weighted by Crippen LogP contribution is -2.38. The third kappa shape index (κ3) is 3.45. The summed E-state index contributed by atoms with van der Waals surface area (Å²) in [6.07, 6.45) is 3.73. The monoisotopic (exact) mass is 405 g/mol. The van der Waals surface area contributed by atoms with Gasteiger partial charge in [-0.05, 0) is 49.1 Å². The molecule has 5 rings (SSSR count). The van der Waals surface area contributed by atoms with E-state index in [0.717, 1.165) is 49.1 Å². The molecule has 156 valence electrons. The third-order valence-corrected chi connectivity index (χ3v) is 6.43. The van der Waals surface area contributed by atoms with E-state index in [1.54, 1.807) is 4.90 Å². The molecule has 6 nitrogen and oxygen atoms in total. The first-order valence-corrected chi connectivity index (χ1v) is 10.7. The van der Waals surface area contributed by atoms with Crippen molar-refractivity contribution < 1.29 is 14.3 Å². The van der Waals surface area contributed by atoms with Crippen molar-refractivity contribution in [3.8, 4) is 5.75 Å². The molecule has 3 aliphatic rings. The average Bonchev–Trinajstić information content (AvgIpc) is 3.33. The number of imide groups is 1. The maximum absolute atomic E-state index is 12.6. The number of rotatable bonds is 5. The number of carbonyl (C=O) groups excluding carboxylic acids is 2. The number of urea groups is 1. The first-order valence-electron chi connectivity index (χ1n) is 10.7. The van der Waals surface area contributed by atoms with Crippen LogP contribution in [0.25, 0.3) is 0 Å². The van der Waals surface area contributed by atoms with Crippen molar-refractivity contribution >= 4 is 11.9 Å². The quantitative estimate of drug-likeness (QED) is 0.716. The Balaban J connectivity index is 1.24. The van der Waals surface area contributed by atoms with Crippen LogP contribution in [0.4, 0.5) is 4.79 Å². The van der Waals surface area contributed by atoms with Crippen LogP contribution in [0.5, 0.6) is 5.75 Å². The summed E-state index contributed by atoms with van der Waals surface area (Å²) in [5.74, 6) is 0.926. The molecule has 2 atom stereocenters. The minimum atomic E-state index is -0.238. The molecular formula is C24H27N3O3. The Labute approximate surface area is 177 Å². The summed E-state index contributed by atoms with van der Waals surface area (Å²) in [6, 6.07) is 16.0. The van der Waals surface area contributed by atoms with E-state index in [1.165, 1.54) is 10.5 Å². The molecule has 2 saturated heterocycles. The van der Waals surface area contributed by atoms with Gasteiger partial charge in [0.15, 0.2) is 6.23 Å². The number of hydrogen-bond donors (Lipinski definition) is 0. The molecule has 3 amide bonds. The van der Waals surface area contributed by atoms with Crippen molar-refractivity contribution in [2.45, 2.75) is 51.0 Å². The van der Waals surface area contributed by atoms with Crippen LogP contribution in [0.15, 0.2) is 48.5 Å². The minimum Gasteiger partial charge on any atom is -0.475 e. The van der Waals surface area contributed by atoms with E-state index in [9.17, 15) is 9.59 Å². The summed E-state index contributed by atoms with van der Waals surface area (Å²) in [4.78, 5) is 30.5. The van der Waals surface area contributed by atoms with Crippen molar-refractivity contribution in [3.05, 3.63) is 65.2 Å². The number of aryl methyl sites for hydroxylation is 1. The Kier molecular flexibility index (Phi) is 4.95. The molecule has 0 saturated carbocycles. The maximum atomic E-state index is 12.6. The number of carbonyl (C=O) groups is 2. The molecule has 0 N–H and O–H groups in total. The number of hydrogen-bond acceptors (Lipinski definition) is 4. The van der Waals surface area contributed by atoms with Crippen LogP contribution in [0.2, 0.25) is 0 Å². The highest BCUT2D eigenvalue weighted by molar-refractivity contribution is 6.04. The van der Waals surface area contributed by atoms with Gasteiger partial charge in [0, 0.05) is 19.5 Å². The molecule has 3 heterocycles. The largest absolute Gasteiger partial charge is 0.475 e. The van der Waals surface area contributed by atoms with E-state index in [4.69, 9.17) is 4.74 Å². The van der Waals surface area contributed by atoms with Crippen LogP contribution >= 0.6 is 0 Å². The van der Waals surface area contributed by atoms with E-state index in [0.29, 0.717) is 13.1 Å². The first-order chi connectivity index (χ1) is 14.6. The summed E-state index contributed by atoms with van der Waals surface area (Å²) in [5.41, 5.74) is 3.40. The van der Waals surface area contributed by atoms with E-state index in [2.05, 4.69) is 36.2 Å². The Morgan fingerprint density at radius 1 is 1.07 bits per heavy atom. The van der Waals surface area contributed by atoms with Crippen LogP contribution in [-0.4, -0.2) is 52.5 Å². The van der Waals surface area contributed by atoms with Crippen molar-refractivity contribution in [2.24, 2.45) is 0 Å². The molecular weight excluding hydrogens is 378 g/mol. The summed E-state index contributed by atoms with van der Waals surface area (Å²) >= 11 is 0. The number of fused-ring (bicyclic) bond motifs is 2. The van der Waals surface area contributed by atoms with E-state index >= 15 is 0 Å². The Morgan fingerprint density at radius 2 is 1.90 bits per heavy atom. The third-order valence-electron chi connectivity index (χ3n) is 6.43. The topological polar surface area (TPSA) is 53.1 Å². The molecule has 6 heteroatoms. The Hall–Kier alpha value is -2.86. The van der Waals surface area contributed by atoms with Gasteiger partial charge >= 0.3 is 6.03 Å². The predicted molar refractivity (Wildman–Crippen MR) is 113 cm³/mol. The fourth-order valence-corrected chi connectivity index (χ4v) is 4.85. The SMILES string of the molecule is CN(Cc1cccc(CN2C(=O)C3CCCN3C2=O)c1)C1CCc2ccccc2O1. The van der Waals surface area contributed by atoms with Crippen LogP contribution in [0.3, 0.4) is 0 Å². The van der Waals surface area contributed by atoms with Crippen LogP contribution in [0, 0.1) is 0 Å². The average molecular weight is 405 g/mol. The van der Waals surface area contributed by atoms with Gasteiger partial charge in [-0.25, -0.2) is 4.79 Å². The molecule has 0 aromatic heterocycles. The van der Waals surface area contributed by atoms with Crippen LogP contribution in [0.1, 0.15) is 36.0 Å². The molecule has 0 spiro atoms.